The van der Waals surface area contributed by atoms with Gasteiger partial charge in [-0.05, 0) is 35.7 Å². The summed E-state index contributed by atoms with van der Waals surface area (Å²) in [5.41, 5.74) is 0.392. The highest BCUT2D eigenvalue weighted by Gasteiger charge is 2.14. The van der Waals surface area contributed by atoms with Crippen molar-refractivity contribution >= 4 is 22.2 Å². The molecule has 1 amide bonds. The van der Waals surface area contributed by atoms with E-state index in [-0.39, 0.29) is 18.1 Å². The summed E-state index contributed by atoms with van der Waals surface area (Å²) >= 11 is 1.25. The number of nitrogens with zero attached hydrogens (tertiary/aromatic N) is 1. The SMILES string of the molecule is N#Cc1ccsc1NC(=O)c1ccc(COc2ccccc2F)o1. The third-order valence-electron chi connectivity index (χ3n) is 3.10. The van der Waals surface area contributed by atoms with E-state index in [4.69, 9.17) is 14.4 Å². The van der Waals surface area contributed by atoms with Gasteiger partial charge in [-0.1, -0.05) is 12.1 Å². The predicted molar refractivity (Wildman–Crippen MR) is 86.4 cm³/mol. The summed E-state index contributed by atoms with van der Waals surface area (Å²) in [6.07, 6.45) is 0. The normalized spacial score (nSPS) is 10.2. The Bertz CT molecular complexity index is 910. The molecule has 24 heavy (non-hydrogen) atoms. The second-order valence-electron chi connectivity index (χ2n) is 4.71. The molecule has 0 saturated heterocycles. The highest BCUT2D eigenvalue weighted by Crippen LogP contribution is 2.23. The summed E-state index contributed by atoms with van der Waals surface area (Å²) in [6, 6.07) is 12.7. The number of nitrogens with one attached hydrogen (secondary N) is 1. The highest BCUT2D eigenvalue weighted by atomic mass is 32.1. The molecule has 3 rings (SSSR count). The smallest absolute Gasteiger partial charge is 0.292 e. The van der Waals surface area contributed by atoms with Crippen molar-refractivity contribution in [2.75, 3.05) is 5.32 Å². The van der Waals surface area contributed by atoms with Crippen molar-refractivity contribution in [2.24, 2.45) is 0 Å². The van der Waals surface area contributed by atoms with Crippen LogP contribution in [0.4, 0.5) is 9.39 Å². The fourth-order valence-electron chi connectivity index (χ4n) is 1.95. The third kappa shape index (κ3) is 3.45. The lowest BCUT2D eigenvalue weighted by Crippen LogP contribution is -2.10. The third-order valence-corrected chi connectivity index (χ3v) is 3.93. The van der Waals surface area contributed by atoms with Crippen LogP contribution in [0.15, 0.2) is 52.3 Å². The Morgan fingerprint density at radius 1 is 1.29 bits per heavy atom. The maximum atomic E-state index is 13.5. The molecule has 3 aromatic rings. The molecule has 0 bridgehead atoms. The van der Waals surface area contributed by atoms with Gasteiger partial charge >= 0.3 is 0 Å². The van der Waals surface area contributed by atoms with Crippen molar-refractivity contribution in [3.05, 3.63) is 70.7 Å². The highest BCUT2D eigenvalue weighted by molar-refractivity contribution is 7.14. The van der Waals surface area contributed by atoms with Crippen LogP contribution < -0.4 is 10.1 Å². The van der Waals surface area contributed by atoms with Gasteiger partial charge in [-0.25, -0.2) is 4.39 Å². The maximum Gasteiger partial charge on any atom is 0.292 e. The minimum atomic E-state index is -0.469. The largest absolute Gasteiger partial charge is 0.483 e. The lowest BCUT2D eigenvalue weighted by Gasteiger charge is -2.04. The van der Waals surface area contributed by atoms with Crippen molar-refractivity contribution < 1.29 is 18.3 Å². The molecule has 5 nitrogen and oxygen atoms in total. The summed E-state index contributed by atoms with van der Waals surface area (Å²) in [7, 11) is 0. The standard InChI is InChI=1S/C17H11FN2O3S/c18-13-3-1-2-4-14(13)22-10-12-5-6-15(23-12)16(21)20-17-11(9-19)7-8-24-17/h1-8H,10H2,(H,20,21). The van der Waals surface area contributed by atoms with Gasteiger partial charge in [-0.3, -0.25) is 4.79 Å². The second kappa shape index (κ2) is 6.98. The summed E-state index contributed by atoms with van der Waals surface area (Å²) in [4.78, 5) is 12.1. The number of rotatable bonds is 5. The van der Waals surface area contributed by atoms with E-state index in [9.17, 15) is 9.18 Å². The van der Waals surface area contributed by atoms with Crippen LogP contribution in [0.25, 0.3) is 0 Å². The molecule has 0 aliphatic rings. The van der Waals surface area contributed by atoms with E-state index in [1.807, 2.05) is 6.07 Å². The predicted octanol–water partition coefficient (Wildman–Crippen LogP) is 4.18. The molecule has 0 fully saturated rings. The second-order valence-corrected chi connectivity index (χ2v) is 5.63. The molecule has 7 heteroatoms. The van der Waals surface area contributed by atoms with Gasteiger partial charge in [0.15, 0.2) is 17.3 Å². The molecule has 1 N–H and O–H groups in total. The first kappa shape index (κ1) is 15.8. The number of carbonyl (C=O) groups is 1. The number of thiophene rings is 1. The van der Waals surface area contributed by atoms with E-state index in [0.717, 1.165) is 0 Å². The molecule has 2 aromatic heterocycles. The molecule has 0 aliphatic heterocycles. The zero-order valence-corrected chi connectivity index (χ0v) is 13.1. The first-order valence-corrected chi connectivity index (χ1v) is 7.80. The van der Waals surface area contributed by atoms with Gasteiger partial charge in [0, 0.05) is 0 Å². The summed E-state index contributed by atoms with van der Waals surface area (Å²) < 4.78 is 24.2. The van der Waals surface area contributed by atoms with Gasteiger partial charge in [0.2, 0.25) is 0 Å². The van der Waals surface area contributed by atoms with E-state index in [1.165, 1.54) is 29.5 Å². The summed E-state index contributed by atoms with van der Waals surface area (Å²) in [5, 5.41) is 13.7. The van der Waals surface area contributed by atoms with E-state index >= 15 is 0 Å². The maximum absolute atomic E-state index is 13.5. The average molecular weight is 342 g/mol. The summed E-state index contributed by atoms with van der Waals surface area (Å²) in [6.45, 7) is -0.00331. The van der Waals surface area contributed by atoms with E-state index in [1.54, 1.807) is 29.6 Å². The number of ether oxygens (including phenoxy) is 1. The Morgan fingerprint density at radius 3 is 2.92 bits per heavy atom. The lowest BCUT2D eigenvalue weighted by atomic mass is 10.3. The van der Waals surface area contributed by atoms with Gasteiger partial charge in [-0.2, -0.15) is 5.26 Å². The Hall–Kier alpha value is -3.11. The van der Waals surface area contributed by atoms with E-state index in [0.29, 0.717) is 16.3 Å². The average Bonchev–Trinajstić information content (AvgIpc) is 3.23. The lowest BCUT2D eigenvalue weighted by molar-refractivity contribution is 0.0993. The van der Waals surface area contributed by atoms with Crippen LogP contribution in [0, 0.1) is 17.1 Å². The molecule has 0 atom stereocenters. The molecular formula is C17H11FN2O3S. The zero-order valence-electron chi connectivity index (χ0n) is 12.3. The van der Waals surface area contributed by atoms with Gasteiger partial charge < -0.3 is 14.5 Å². The van der Waals surface area contributed by atoms with Crippen molar-refractivity contribution in [3.8, 4) is 11.8 Å². The van der Waals surface area contributed by atoms with Gasteiger partial charge in [0.25, 0.3) is 5.91 Å². The number of anilines is 1. The molecule has 0 spiro atoms. The van der Waals surface area contributed by atoms with Gasteiger partial charge in [0.1, 0.15) is 23.4 Å². The Morgan fingerprint density at radius 2 is 2.12 bits per heavy atom. The number of para-hydroxylation sites is 1. The van der Waals surface area contributed by atoms with Crippen LogP contribution in [0.2, 0.25) is 0 Å². The number of nitriles is 1. The Balaban J connectivity index is 1.64. The molecule has 1 aromatic carbocycles. The molecular weight excluding hydrogens is 331 g/mol. The van der Waals surface area contributed by atoms with Crippen LogP contribution in [0.3, 0.4) is 0 Å². The molecule has 2 heterocycles. The number of carbonyl (C=O) groups excluding carboxylic acids is 1. The number of hydrogen-bond donors (Lipinski definition) is 1. The molecule has 120 valence electrons. The summed E-state index contributed by atoms with van der Waals surface area (Å²) in [5.74, 6) is -0.360. The van der Waals surface area contributed by atoms with Crippen LogP contribution in [-0.4, -0.2) is 5.91 Å². The fourth-order valence-corrected chi connectivity index (χ4v) is 2.68. The first-order valence-electron chi connectivity index (χ1n) is 6.92. The monoisotopic (exact) mass is 342 g/mol. The fraction of sp³-hybridized carbons (Fsp3) is 0.0588. The van der Waals surface area contributed by atoms with Crippen LogP contribution in [0.5, 0.6) is 5.75 Å². The van der Waals surface area contributed by atoms with Crippen molar-refractivity contribution in [1.29, 1.82) is 5.26 Å². The van der Waals surface area contributed by atoms with E-state index in [2.05, 4.69) is 5.32 Å². The number of furan rings is 1. The van der Waals surface area contributed by atoms with Crippen LogP contribution >= 0.6 is 11.3 Å². The van der Waals surface area contributed by atoms with Gasteiger partial charge in [0.05, 0.1) is 5.56 Å². The number of halogens is 1. The minimum Gasteiger partial charge on any atom is -0.483 e. The van der Waals surface area contributed by atoms with Crippen molar-refractivity contribution in [1.82, 2.24) is 0 Å². The quantitative estimate of drug-likeness (QED) is 0.754. The van der Waals surface area contributed by atoms with Crippen molar-refractivity contribution in [2.45, 2.75) is 6.61 Å². The number of amides is 1. The Kier molecular flexibility index (Phi) is 4.59. The molecule has 0 unspecified atom stereocenters. The minimum absolute atomic E-state index is 0.00331. The first-order chi connectivity index (χ1) is 11.7. The topological polar surface area (TPSA) is 75.3 Å². The number of benzene rings is 1. The molecule has 0 saturated carbocycles. The number of hydrogen-bond acceptors (Lipinski definition) is 5. The Labute approximate surface area is 140 Å². The van der Waals surface area contributed by atoms with E-state index < -0.39 is 11.7 Å². The molecule has 0 radical (unpaired) electrons. The van der Waals surface area contributed by atoms with Gasteiger partial charge in [-0.15, -0.1) is 11.3 Å². The van der Waals surface area contributed by atoms with Crippen LogP contribution in [0.1, 0.15) is 21.9 Å². The zero-order chi connectivity index (χ0) is 16.9. The van der Waals surface area contributed by atoms with Crippen LogP contribution in [-0.2, 0) is 6.61 Å². The van der Waals surface area contributed by atoms with Crippen molar-refractivity contribution in [3.63, 3.8) is 0 Å². The molecule has 0 aliphatic carbocycles.